The maximum Gasteiger partial charge on any atom is 0.125 e. The number of ether oxygens (including phenoxy) is 1. The van der Waals surface area contributed by atoms with E-state index in [4.69, 9.17) is 10.5 Å². The van der Waals surface area contributed by atoms with Crippen LogP contribution in [0.5, 0.6) is 5.75 Å². The number of nitrogen functional groups attached to an aromatic ring is 1. The fraction of sp³-hybridized carbons (Fsp3) is 0.600. The Morgan fingerprint density at radius 1 is 1.21 bits per heavy atom. The van der Waals surface area contributed by atoms with Gasteiger partial charge in [0, 0.05) is 23.9 Å². The number of nitrogens with two attached hydrogens (primary N) is 1. The van der Waals surface area contributed by atoms with Crippen LogP contribution in [0.25, 0.3) is 0 Å². The van der Waals surface area contributed by atoms with E-state index in [2.05, 4.69) is 36.9 Å². The molecule has 0 aromatic heterocycles. The van der Waals surface area contributed by atoms with Crippen LogP contribution in [0.1, 0.15) is 18.9 Å². The Morgan fingerprint density at radius 2 is 1.95 bits per heavy atom. The van der Waals surface area contributed by atoms with Crippen LogP contribution >= 0.6 is 0 Å². The fourth-order valence-corrected chi connectivity index (χ4v) is 2.09. The summed E-state index contributed by atoms with van der Waals surface area (Å²) in [5.74, 6) is 0.881. The zero-order valence-electron chi connectivity index (χ0n) is 12.6. The molecule has 1 aromatic rings. The van der Waals surface area contributed by atoms with Crippen LogP contribution in [0.2, 0.25) is 0 Å². The molecule has 0 saturated carbocycles. The summed E-state index contributed by atoms with van der Waals surface area (Å²) < 4.78 is 5.40. The molecule has 0 saturated heterocycles. The molecule has 108 valence electrons. The van der Waals surface area contributed by atoms with E-state index in [1.165, 1.54) is 12.0 Å². The molecule has 0 aliphatic carbocycles. The molecule has 0 unspecified atom stereocenters. The van der Waals surface area contributed by atoms with E-state index in [1.54, 1.807) is 7.11 Å². The van der Waals surface area contributed by atoms with Gasteiger partial charge in [-0.25, -0.2) is 0 Å². The van der Waals surface area contributed by atoms with Crippen molar-refractivity contribution in [3.8, 4) is 5.75 Å². The smallest absolute Gasteiger partial charge is 0.125 e. The minimum absolute atomic E-state index is 0.747. The summed E-state index contributed by atoms with van der Waals surface area (Å²) in [5.41, 5.74) is 7.72. The van der Waals surface area contributed by atoms with Gasteiger partial charge in [0.05, 0.1) is 7.11 Å². The highest BCUT2D eigenvalue weighted by molar-refractivity contribution is 5.48. The second kappa shape index (κ2) is 8.02. The van der Waals surface area contributed by atoms with Gasteiger partial charge in [0.15, 0.2) is 0 Å². The topological polar surface area (TPSA) is 41.7 Å². The van der Waals surface area contributed by atoms with E-state index in [-0.39, 0.29) is 0 Å². The lowest BCUT2D eigenvalue weighted by Crippen LogP contribution is -2.27. The Bertz CT molecular complexity index is 380. The summed E-state index contributed by atoms with van der Waals surface area (Å²) >= 11 is 0. The van der Waals surface area contributed by atoms with Gasteiger partial charge in [-0.2, -0.15) is 0 Å². The summed E-state index contributed by atoms with van der Waals surface area (Å²) in [6.07, 6.45) is 1.18. The minimum Gasteiger partial charge on any atom is -0.496 e. The predicted molar refractivity (Wildman–Crippen MR) is 81.5 cm³/mol. The van der Waals surface area contributed by atoms with Crippen molar-refractivity contribution in [2.24, 2.45) is 0 Å². The molecule has 0 radical (unpaired) electrons. The van der Waals surface area contributed by atoms with Crippen LogP contribution in [0.4, 0.5) is 5.69 Å². The second-order valence-electron chi connectivity index (χ2n) is 5.10. The van der Waals surface area contributed by atoms with Crippen LogP contribution in [-0.2, 0) is 6.54 Å². The maximum atomic E-state index is 5.78. The van der Waals surface area contributed by atoms with E-state index < -0.39 is 0 Å². The number of hydrogen-bond donors (Lipinski definition) is 1. The number of anilines is 1. The van der Waals surface area contributed by atoms with Crippen molar-refractivity contribution < 1.29 is 4.74 Å². The molecule has 0 aliphatic rings. The second-order valence-corrected chi connectivity index (χ2v) is 5.10. The summed E-state index contributed by atoms with van der Waals surface area (Å²) in [6.45, 7) is 6.37. The summed E-state index contributed by atoms with van der Waals surface area (Å²) in [4.78, 5) is 4.65. The average molecular weight is 265 g/mol. The number of hydrogen-bond acceptors (Lipinski definition) is 4. The Morgan fingerprint density at radius 3 is 2.53 bits per heavy atom. The molecule has 4 heteroatoms. The van der Waals surface area contributed by atoms with Gasteiger partial charge < -0.3 is 15.4 Å². The quantitative estimate of drug-likeness (QED) is 0.731. The number of methoxy groups -OCH3 is 1. The molecule has 4 nitrogen and oxygen atoms in total. The first-order valence-electron chi connectivity index (χ1n) is 6.86. The van der Waals surface area contributed by atoms with Crippen molar-refractivity contribution >= 4 is 5.69 Å². The summed E-state index contributed by atoms with van der Waals surface area (Å²) in [6, 6.07) is 5.89. The molecule has 19 heavy (non-hydrogen) atoms. The summed E-state index contributed by atoms with van der Waals surface area (Å²) in [5, 5.41) is 0. The molecule has 0 heterocycles. The van der Waals surface area contributed by atoms with Gasteiger partial charge in [-0.3, -0.25) is 4.90 Å². The Hall–Kier alpha value is -1.26. The molecule has 0 aliphatic heterocycles. The third kappa shape index (κ3) is 5.49. The van der Waals surface area contributed by atoms with Crippen molar-refractivity contribution in [2.45, 2.75) is 19.9 Å². The first-order chi connectivity index (χ1) is 9.06. The molecule has 1 aromatic carbocycles. The van der Waals surface area contributed by atoms with E-state index in [9.17, 15) is 0 Å². The third-order valence-electron chi connectivity index (χ3n) is 3.23. The zero-order chi connectivity index (χ0) is 14.3. The molecular formula is C15H27N3O. The highest BCUT2D eigenvalue weighted by atomic mass is 16.5. The number of benzene rings is 1. The molecular weight excluding hydrogens is 238 g/mol. The van der Waals surface area contributed by atoms with Crippen molar-refractivity contribution in [2.75, 3.05) is 46.6 Å². The monoisotopic (exact) mass is 265 g/mol. The molecule has 0 fully saturated rings. The van der Waals surface area contributed by atoms with Crippen molar-refractivity contribution in [3.63, 3.8) is 0 Å². The number of rotatable bonds is 8. The van der Waals surface area contributed by atoms with Gasteiger partial charge in [-0.05, 0) is 46.2 Å². The van der Waals surface area contributed by atoms with Gasteiger partial charge in [0.1, 0.15) is 5.75 Å². The fourth-order valence-electron chi connectivity index (χ4n) is 2.09. The van der Waals surface area contributed by atoms with Gasteiger partial charge in [0.2, 0.25) is 0 Å². The largest absolute Gasteiger partial charge is 0.496 e. The van der Waals surface area contributed by atoms with Gasteiger partial charge in [-0.1, -0.05) is 13.0 Å². The lowest BCUT2D eigenvalue weighted by atomic mass is 10.1. The lowest BCUT2D eigenvalue weighted by molar-refractivity contribution is 0.255. The first-order valence-corrected chi connectivity index (χ1v) is 6.86. The van der Waals surface area contributed by atoms with Gasteiger partial charge >= 0.3 is 0 Å². The van der Waals surface area contributed by atoms with Crippen LogP contribution in [-0.4, -0.2) is 50.6 Å². The molecule has 2 N–H and O–H groups in total. The van der Waals surface area contributed by atoms with E-state index in [0.29, 0.717) is 0 Å². The lowest BCUT2D eigenvalue weighted by Gasteiger charge is -2.22. The van der Waals surface area contributed by atoms with Crippen LogP contribution in [0.15, 0.2) is 18.2 Å². The molecule has 0 atom stereocenters. The van der Waals surface area contributed by atoms with E-state index >= 15 is 0 Å². The molecule has 0 spiro atoms. The zero-order valence-corrected chi connectivity index (χ0v) is 12.6. The highest BCUT2D eigenvalue weighted by Gasteiger charge is 2.08. The van der Waals surface area contributed by atoms with Gasteiger partial charge in [0.25, 0.3) is 0 Å². The normalized spacial score (nSPS) is 11.3. The SMILES string of the molecule is CCN(CCCN(C)C)Cc1ccc(N)cc1OC. The van der Waals surface area contributed by atoms with Crippen LogP contribution in [0, 0.1) is 0 Å². The molecule has 0 amide bonds. The third-order valence-corrected chi connectivity index (χ3v) is 3.23. The first kappa shape index (κ1) is 15.8. The van der Waals surface area contributed by atoms with Crippen LogP contribution in [0.3, 0.4) is 0 Å². The number of nitrogens with zero attached hydrogens (tertiary/aromatic N) is 2. The predicted octanol–water partition coefficient (Wildman–Crippen LogP) is 2.05. The Labute approximate surface area is 117 Å². The summed E-state index contributed by atoms with van der Waals surface area (Å²) in [7, 11) is 5.92. The molecule has 1 rings (SSSR count). The van der Waals surface area contributed by atoms with Crippen molar-refractivity contribution in [3.05, 3.63) is 23.8 Å². The van der Waals surface area contributed by atoms with Crippen molar-refractivity contribution in [1.82, 2.24) is 9.80 Å². The van der Waals surface area contributed by atoms with E-state index in [1.807, 2.05) is 12.1 Å². The molecule has 0 bridgehead atoms. The van der Waals surface area contributed by atoms with E-state index in [0.717, 1.165) is 37.6 Å². The van der Waals surface area contributed by atoms with Gasteiger partial charge in [-0.15, -0.1) is 0 Å². The Kier molecular flexibility index (Phi) is 6.67. The standard InChI is InChI=1S/C15H27N3O/c1-5-18(10-6-9-17(2)3)12-13-7-8-14(16)11-15(13)19-4/h7-8,11H,5-6,9-10,12,16H2,1-4H3. The van der Waals surface area contributed by atoms with Crippen LogP contribution < -0.4 is 10.5 Å². The highest BCUT2D eigenvalue weighted by Crippen LogP contribution is 2.22. The Balaban J connectivity index is 2.59. The minimum atomic E-state index is 0.747. The van der Waals surface area contributed by atoms with Crippen molar-refractivity contribution in [1.29, 1.82) is 0 Å². The maximum absolute atomic E-state index is 5.78. The average Bonchev–Trinajstić information content (AvgIpc) is 2.38.